The molecule has 1 rings (SSSR count). The quantitative estimate of drug-likeness (QED) is 0.711. The van der Waals surface area contributed by atoms with Gasteiger partial charge in [0.25, 0.3) is 5.56 Å². The fourth-order valence-corrected chi connectivity index (χ4v) is 0.950. The monoisotopic (exact) mass is 258 g/mol. The van der Waals surface area contributed by atoms with Crippen molar-refractivity contribution in [3.63, 3.8) is 0 Å². The van der Waals surface area contributed by atoms with Gasteiger partial charge in [-0.3, -0.25) is 9.59 Å². The van der Waals surface area contributed by atoms with Gasteiger partial charge in [0, 0.05) is 6.42 Å². The summed E-state index contributed by atoms with van der Waals surface area (Å²) in [7, 11) is 0. The fourth-order valence-electron chi connectivity index (χ4n) is 0.950. The standard InChI is InChI=1S/C7H10N2O4.2ClH/c1-3-4(6(10)9-13-3)2-5(8)7(11)12;;/h5H,2,8H2,1H3,(H,9,10)(H,11,12);2*1H. The molecule has 1 unspecified atom stereocenters. The molecule has 1 aromatic rings. The minimum Gasteiger partial charge on any atom is -0.480 e. The Morgan fingerprint density at radius 2 is 2.13 bits per heavy atom. The topological polar surface area (TPSA) is 109 Å². The van der Waals surface area contributed by atoms with E-state index in [0.29, 0.717) is 5.76 Å². The van der Waals surface area contributed by atoms with Crippen LogP contribution < -0.4 is 11.3 Å². The summed E-state index contributed by atoms with van der Waals surface area (Å²) in [5.41, 5.74) is 5.12. The Hall–Kier alpha value is -0.980. The van der Waals surface area contributed by atoms with E-state index in [2.05, 4.69) is 9.68 Å². The van der Waals surface area contributed by atoms with Gasteiger partial charge in [-0.1, -0.05) is 0 Å². The second-order valence-electron chi connectivity index (χ2n) is 2.72. The first-order valence-electron chi connectivity index (χ1n) is 3.67. The van der Waals surface area contributed by atoms with Crippen LogP contribution in [-0.4, -0.2) is 22.3 Å². The van der Waals surface area contributed by atoms with E-state index in [-0.39, 0.29) is 36.8 Å². The lowest BCUT2D eigenvalue weighted by atomic mass is 10.1. The zero-order valence-electron chi connectivity index (χ0n) is 7.85. The Bertz CT molecular complexity index is 373. The molecule has 0 bridgehead atoms. The number of halogens is 2. The van der Waals surface area contributed by atoms with Crippen molar-refractivity contribution in [1.29, 1.82) is 0 Å². The normalized spacial score (nSPS) is 11.1. The molecule has 6 nitrogen and oxygen atoms in total. The van der Waals surface area contributed by atoms with Crippen LogP contribution in [-0.2, 0) is 11.2 Å². The Morgan fingerprint density at radius 1 is 1.60 bits per heavy atom. The molecule has 0 fully saturated rings. The Labute approximate surface area is 97.6 Å². The predicted octanol–water partition coefficient (Wildman–Crippen LogP) is 0.0743. The van der Waals surface area contributed by atoms with E-state index in [1.807, 2.05) is 0 Å². The maximum absolute atomic E-state index is 11.0. The highest BCUT2D eigenvalue weighted by Crippen LogP contribution is 2.03. The molecule has 0 aliphatic carbocycles. The van der Waals surface area contributed by atoms with Crippen molar-refractivity contribution in [2.24, 2.45) is 5.73 Å². The number of carbonyl (C=O) groups is 1. The van der Waals surface area contributed by atoms with Crippen LogP contribution in [0.2, 0.25) is 0 Å². The van der Waals surface area contributed by atoms with Gasteiger partial charge in [-0.25, -0.2) is 0 Å². The largest absolute Gasteiger partial charge is 0.480 e. The SMILES string of the molecule is Cc1o[nH]c(=O)c1CC(N)C(=O)O.Cl.Cl. The summed E-state index contributed by atoms with van der Waals surface area (Å²) >= 11 is 0. The lowest BCUT2D eigenvalue weighted by molar-refractivity contribution is -0.138. The van der Waals surface area contributed by atoms with Gasteiger partial charge in [-0.05, 0) is 6.92 Å². The molecule has 0 aromatic carbocycles. The van der Waals surface area contributed by atoms with E-state index in [0.717, 1.165) is 0 Å². The fraction of sp³-hybridized carbons (Fsp3) is 0.429. The molecule has 8 heteroatoms. The second kappa shape index (κ2) is 6.49. The van der Waals surface area contributed by atoms with Crippen LogP contribution >= 0.6 is 24.8 Å². The lowest BCUT2D eigenvalue weighted by Gasteiger charge is -2.02. The average molecular weight is 259 g/mol. The van der Waals surface area contributed by atoms with Crippen LogP contribution in [0.15, 0.2) is 9.32 Å². The number of rotatable bonds is 3. The first kappa shape index (κ1) is 16.4. The molecule has 0 aliphatic rings. The van der Waals surface area contributed by atoms with Gasteiger partial charge < -0.3 is 15.4 Å². The van der Waals surface area contributed by atoms with Crippen LogP contribution in [0.25, 0.3) is 0 Å². The number of H-pyrrole nitrogens is 1. The molecule has 15 heavy (non-hydrogen) atoms. The molecule has 0 spiro atoms. The average Bonchev–Trinajstić information content (AvgIpc) is 2.35. The highest BCUT2D eigenvalue weighted by Gasteiger charge is 2.17. The van der Waals surface area contributed by atoms with Gasteiger partial charge in [0.1, 0.15) is 11.8 Å². The second-order valence-corrected chi connectivity index (χ2v) is 2.72. The van der Waals surface area contributed by atoms with Gasteiger partial charge in [0.2, 0.25) is 0 Å². The first-order valence-corrected chi connectivity index (χ1v) is 3.67. The van der Waals surface area contributed by atoms with Gasteiger partial charge in [0.05, 0.1) is 5.56 Å². The first-order chi connectivity index (χ1) is 6.02. The van der Waals surface area contributed by atoms with Gasteiger partial charge in [-0.15, -0.1) is 24.8 Å². The molecule has 0 amide bonds. The van der Waals surface area contributed by atoms with Crippen molar-refractivity contribution in [2.75, 3.05) is 0 Å². The van der Waals surface area contributed by atoms with Crippen LogP contribution in [0.4, 0.5) is 0 Å². The number of carboxylic acid groups (broad SMARTS) is 1. The minimum absolute atomic E-state index is 0. The summed E-state index contributed by atoms with van der Waals surface area (Å²) in [6, 6.07) is -1.07. The summed E-state index contributed by atoms with van der Waals surface area (Å²) in [6.07, 6.45) is -0.0208. The molecule has 1 heterocycles. The summed E-state index contributed by atoms with van der Waals surface area (Å²) in [5, 5.41) is 10.6. The molecule has 0 saturated carbocycles. The summed E-state index contributed by atoms with van der Waals surface area (Å²) in [4.78, 5) is 21.4. The molecule has 0 aliphatic heterocycles. The number of nitrogens with two attached hydrogens (primary N) is 1. The van der Waals surface area contributed by atoms with Crippen molar-refractivity contribution in [1.82, 2.24) is 5.16 Å². The van der Waals surface area contributed by atoms with E-state index >= 15 is 0 Å². The number of hydrogen-bond donors (Lipinski definition) is 3. The molecule has 1 atom stereocenters. The molecule has 4 N–H and O–H groups in total. The zero-order valence-corrected chi connectivity index (χ0v) is 9.48. The van der Waals surface area contributed by atoms with Crippen LogP contribution in [0.3, 0.4) is 0 Å². The Morgan fingerprint density at radius 3 is 2.47 bits per heavy atom. The Balaban J connectivity index is 0. The molecular weight excluding hydrogens is 247 g/mol. The lowest BCUT2D eigenvalue weighted by Crippen LogP contribution is -2.33. The molecule has 0 saturated heterocycles. The van der Waals surface area contributed by atoms with E-state index in [9.17, 15) is 9.59 Å². The van der Waals surface area contributed by atoms with Gasteiger partial charge >= 0.3 is 5.97 Å². The number of nitrogens with one attached hydrogen (secondary N) is 1. The van der Waals surface area contributed by atoms with Crippen LogP contribution in [0.1, 0.15) is 11.3 Å². The van der Waals surface area contributed by atoms with Gasteiger partial charge in [-0.2, -0.15) is 5.16 Å². The number of aromatic amines is 1. The zero-order chi connectivity index (χ0) is 10.0. The molecule has 0 radical (unpaired) electrons. The maximum atomic E-state index is 11.0. The number of aliphatic carboxylic acids is 1. The highest BCUT2D eigenvalue weighted by atomic mass is 35.5. The summed E-state index contributed by atoms with van der Waals surface area (Å²) in [5.74, 6) is -0.762. The smallest absolute Gasteiger partial charge is 0.320 e. The highest BCUT2D eigenvalue weighted by molar-refractivity contribution is 5.85. The Kier molecular flexibility index (Phi) is 7.12. The van der Waals surface area contributed by atoms with Crippen LogP contribution in [0, 0.1) is 6.92 Å². The molecular formula is C7H12Cl2N2O4. The van der Waals surface area contributed by atoms with Crippen molar-refractivity contribution < 1.29 is 14.4 Å². The summed E-state index contributed by atoms with van der Waals surface area (Å²) < 4.78 is 4.69. The third-order valence-electron chi connectivity index (χ3n) is 1.74. The van der Waals surface area contributed by atoms with Crippen molar-refractivity contribution in [3.05, 3.63) is 21.7 Å². The van der Waals surface area contributed by atoms with E-state index in [1.165, 1.54) is 0 Å². The van der Waals surface area contributed by atoms with Crippen molar-refractivity contribution in [3.8, 4) is 0 Å². The van der Waals surface area contributed by atoms with Crippen molar-refractivity contribution >= 4 is 30.8 Å². The number of aromatic nitrogens is 1. The third-order valence-corrected chi connectivity index (χ3v) is 1.74. The van der Waals surface area contributed by atoms with E-state index in [4.69, 9.17) is 10.8 Å². The molecule has 1 aromatic heterocycles. The van der Waals surface area contributed by atoms with E-state index in [1.54, 1.807) is 6.92 Å². The number of aryl methyl sites for hydroxylation is 1. The van der Waals surface area contributed by atoms with E-state index < -0.39 is 17.6 Å². The third kappa shape index (κ3) is 3.94. The molecule has 88 valence electrons. The van der Waals surface area contributed by atoms with Crippen molar-refractivity contribution in [2.45, 2.75) is 19.4 Å². The minimum atomic E-state index is -1.14. The number of hydrogen-bond acceptors (Lipinski definition) is 4. The number of carboxylic acids is 1. The summed E-state index contributed by atoms with van der Waals surface area (Å²) in [6.45, 7) is 1.57. The maximum Gasteiger partial charge on any atom is 0.320 e. The van der Waals surface area contributed by atoms with Crippen LogP contribution in [0.5, 0.6) is 0 Å². The van der Waals surface area contributed by atoms with Gasteiger partial charge in [0.15, 0.2) is 0 Å². The predicted molar refractivity (Wildman–Crippen MR) is 57.9 cm³/mol.